The Hall–Kier alpha value is -1.22. The molecule has 0 radical (unpaired) electrons. The normalized spacial score (nSPS) is 12.6. The molecule has 0 unspecified atom stereocenters. The standard InChI is InChI=1S/C12H19NO2/c1-9(2)10(13)8-15-12-7-5-4-6-11(12)14-3/h4-7,9-10H,8,13H2,1-3H3/t10-/m1/s1. The fraction of sp³-hybridized carbons (Fsp3) is 0.500. The molecule has 15 heavy (non-hydrogen) atoms. The Bertz CT molecular complexity index is 299. The first kappa shape index (κ1) is 11.9. The molecule has 0 aromatic heterocycles. The topological polar surface area (TPSA) is 44.5 Å². The predicted molar refractivity (Wildman–Crippen MR) is 61.3 cm³/mol. The van der Waals surface area contributed by atoms with Crippen molar-refractivity contribution in [2.24, 2.45) is 11.7 Å². The first-order chi connectivity index (χ1) is 7.15. The van der Waals surface area contributed by atoms with Crippen LogP contribution in [0, 0.1) is 5.92 Å². The number of para-hydroxylation sites is 2. The Morgan fingerprint density at radius 3 is 2.33 bits per heavy atom. The van der Waals surface area contributed by atoms with E-state index >= 15 is 0 Å². The van der Waals surface area contributed by atoms with Gasteiger partial charge in [-0.15, -0.1) is 0 Å². The molecule has 0 bridgehead atoms. The summed E-state index contributed by atoms with van der Waals surface area (Å²) in [7, 11) is 1.63. The molecule has 0 amide bonds. The number of benzene rings is 1. The molecular weight excluding hydrogens is 190 g/mol. The van der Waals surface area contributed by atoms with Crippen LogP contribution in [0.2, 0.25) is 0 Å². The molecule has 3 nitrogen and oxygen atoms in total. The molecule has 2 N–H and O–H groups in total. The van der Waals surface area contributed by atoms with Crippen LogP contribution >= 0.6 is 0 Å². The van der Waals surface area contributed by atoms with Crippen LogP contribution in [-0.4, -0.2) is 19.8 Å². The maximum Gasteiger partial charge on any atom is 0.161 e. The summed E-state index contributed by atoms with van der Waals surface area (Å²) in [4.78, 5) is 0. The van der Waals surface area contributed by atoms with Gasteiger partial charge in [-0.2, -0.15) is 0 Å². The Morgan fingerprint density at radius 1 is 1.20 bits per heavy atom. The van der Waals surface area contributed by atoms with E-state index < -0.39 is 0 Å². The highest BCUT2D eigenvalue weighted by molar-refractivity contribution is 5.39. The van der Waals surface area contributed by atoms with Crippen LogP contribution in [0.1, 0.15) is 13.8 Å². The zero-order valence-electron chi connectivity index (χ0n) is 9.57. The summed E-state index contributed by atoms with van der Waals surface area (Å²) in [6.07, 6.45) is 0. The number of rotatable bonds is 5. The molecule has 0 aliphatic heterocycles. The van der Waals surface area contributed by atoms with Crippen molar-refractivity contribution in [2.75, 3.05) is 13.7 Å². The summed E-state index contributed by atoms with van der Waals surface area (Å²) in [5.41, 5.74) is 5.89. The van der Waals surface area contributed by atoms with Gasteiger partial charge in [-0.25, -0.2) is 0 Å². The molecule has 0 spiro atoms. The van der Waals surface area contributed by atoms with Crippen LogP contribution in [0.4, 0.5) is 0 Å². The lowest BCUT2D eigenvalue weighted by molar-refractivity contribution is 0.248. The second-order valence-corrected chi connectivity index (χ2v) is 3.87. The van der Waals surface area contributed by atoms with Gasteiger partial charge in [0.2, 0.25) is 0 Å². The van der Waals surface area contributed by atoms with Crippen molar-refractivity contribution in [1.82, 2.24) is 0 Å². The second kappa shape index (κ2) is 5.61. The molecule has 0 saturated heterocycles. The maximum absolute atomic E-state index is 5.89. The van der Waals surface area contributed by atoms with Gasteiger partial charge in [0, 0.05) is 6.04 Å². The molecule has 3 heteroatoms. The number of hydrogen-bond acceptors (Lipinski definition) is 3. The second-order valence-electron chi connectivity index (χ2n) is 3.87. The van der Waals surface area contributed by atoms with Gasteiger partial charge in [-0.05, 0) is 18.1 Å². The highest BCUT2D eigenvalue weighted by atomic mass is 16.5. The van der Waals surface area contributed by atoms with Crippen molar-refractivity contribution >= 4 is 0 Å². The molecular formula is C12H19NO2. The lowest BCUT2D eigenvalue weighted by atomic mass is 10.1. The summed E-state index contributed by atoms with van der Waals surface area (Å²) < 4.78 is 10.8. The molecule has 1 aromatic rings. The van der Waals surface area contributed by atoms with Gasteiger partial charge in [-0.1, -0.05) is 26.0 Å². The van der Waals surface area contributed by atoms with Crippen molar-refractivity contribution in [3.05, 3.63) is 24.3 Å². The van der Waals surface area contributed by atoms with Gasteiger partial charge in [0.1, 0.15) is 6.61 Å². The maximum atomic E-state index is 5.89. The molecule has 0 fully saturated rings. The van der Waals surface area contributed by atoms with E-state index in [0.29, 0.717) is 12.5 Å². The molecule has 84 valence electrons. The SMILES string of the molecule is COc1ccccc1OC[C@@H](N)C(C)C. The average Bonchev–Trinajstić information content (AvgIpc) is 2.26. The molecule has 1 aromatic carbocycles. The van der Waals surface area contributed by atoms with E-state index in [1.807, 2.05) is 24.3 Å². The highest BCUT2D eigenvalue weighted by Gasteiger charge is 2.09. The van der Waals surface area contributed by atoms with Gasteiger partial charge in [0.15, 0.2) is 11.5 Å². The minimum absolute atomic E-state index is 0.0508. The van der Waals surface area contributed by atoms with Crippen molar-refractivity contribution in [1.29, 1.82) is 0 Å². The molecule has 0 aliphatic rings. The van der Waals surface area contributed by atoms with E-state index in [9.17, 15) is 0 Å². The van der Waals surface area contributed by atoms with Crippen LogP contribution < -0.4 is 15.2 Å². The van der Waals surface area contributed by atoms with E-state index in [-0.39, 0.29) is 6.04 Å². The van der Waals surface area contributed by atoms with Crippen LogP contribution in [0.15, 0.2) is 24.3 Å². The van der Waals surface area contributed by atoms with E-state index in [2.05, 4.69) is 13.8 Å². The molecule has 0 aliphatic carbocycles. The summed E-state index contributed by atoms with van der Waals surface area (Å²) in [5.74, 6) is 1.91. The first-order valence-electron chi connectivity index (χ1n) is 5.16. The van der Waals surface area contributed by atoms with Crippen LogP contribution in [0.3, 0.4) is 0 Å². The minimum Gasteiger partial charge on any atom is -0.493 e. The van der Waals surface area contributed by atoms with E-state index in [1.54, 1.807) is 7.11 Å². The largest absolute Gasteiger partial charge is 0.493 e. The third-order valence-electron chi connectivity index (χ3n) is 2.36. The molecule has 0 heterocycles. The number of ether oxygens (including phenoxy) is 2. The Kier molecular flexibility index (Phi) is 4.43. The average molecular weight is 209 g/mol. The van der Waals surface area contributed by atoms with Crippen molar-refractivity contribution in [2.45, 2.75) is 19.9 Å². The number of hydrogen-bond donors (Lipinski definition) is 1. The Morgan fingerprint density at radius 2 is 1.80 bits per heavy atom. The van der Waals surface area contributed by atoms with Crippen molar-refractivity contribution < 1.29 is 9.47 Å². The predicted octanol–water partition coefficient (Wildman–Crippen LogP) is 2.06. The van der Waals surface area contributed by atoms with Crippen molar-refractivity contribution in [3.63, 3.8) is 0 Å². The van der Waals surface area contributed by atoms with E-state index in [4.69, 9.17) is 15.2 Å². The van der Waals surface area contributed by atoms with E-state index in [0.717, 1.165) is 11.5 Å². The minimum atomic E-state index is 0.0508. The third-order valence-corrected chi connectivity index (χ3v) is 2.36. The molecule has 1 atom stereocenters. The van der Waals surface area contributed by atoms with Gasteiger partial charge >= 0.3 is 0 Å². The zero-order chi connectivity index (χ0) is 11.3. The summed E-state index contributed by atoms with van der Waals surface area (Å²) in [6, 6.07) is 7.63. The monoisotopic (exact) mass is 209 g/mol. The first-order valence-corrected chi connectivity index (χ1v) is 5.16. The van der Waals surface area contributed by atoms with Gasteiger partial charge < -0.3 is 15.2 Å². The lowest BCUT2D eigenvalue weighted by Crippen LogP contribution is -2.33. The van der Waals surface area contributed by atoms with Crippen LogP contribution in [0.5, 0.6) is 11.5 Å². The molecule has 1 rings (SSSR count). The van der Waals surface area contributed by atoms with Gasteiger partial charge in [0.05, 0.1) is 7.11 Å². The number of nitrogens with two attached hydrogens (primary N) is 1. The van der Waals surface area contributed by atoms with E-state index in [1.165, 1.54) is 0 Å². The molecule has 0 saturated carbocycles. The fourth-order valence-corrected chi connectivity index (χ4v) is 1.12. The Balaban J connectivity index is 2.57. The highest BCUT2D eigenvalue weighted by Crippen LogP contribution is 2.25. The van der Waals surface area contributed by atoms with Crippen molar-refractivity contribution in [3.8, 4) is 11.5 Å². The lowest BCUT2D eigenvalue weighted by Gasteiger charge is -2.17. The zero-order valence-corrected chi connectivity index (χ0v) is 9.57. The smallest absolute Gasteiger partial charge is 0.161 e. The van der Waals surface area contributed by atoms with Crippen LogP contribution in [-0.2, 0) is 0 Å². The fourth-order valence-electron chi connectivity index (χ4n) is 1.12. The van der Waals surface area contributed by atoms with Crippen LogP contribution in [0.25, 0.3) is 0 Å². The number of methoxy groups -OCH3 is 1. The third kappa shape index (κ3) is 3.44. The van der Waals surface area contributed by atoms with Gasteiger partial charge in [0.25, 0.3) is 0 Å². The summed E-state index contributed by atoms with van der Waals surface area (Å²) in [5, 5.41) is 0. The quantitative estimate of drug-likeness (QED) is 0.807. The summed E-state index contributed by atoms with van der Waals surface area (Å²) >= 11 is 0. The summed E-state index contributed by atoms with van der Waals surface area (Å²) in [6.45, 7) is 4.67. The van der Waals surface area contributed by atoms with Gasteiger partial charge in [-0.3, -0.25) is 0 Å². The Labute approximate surface area is 91.2 Å².